The monoisotopic (exact) mass is 227 g/mol. The molecule has 0 aliphatic heterocycles. The van der Waals surface area contributed by atoms with E-state index in [-0.39, 0.29) is 17.3 Å². The zero-order valence-electron chi connectivity index (χ0n) is 8.77. The molecule has 0 radical (unpaired) electrons. The van der Waals surface area contributed by atoms with Crippen molar-refractivity contribution >= 4 is 17.4 Å². The Morgan fingerprint density at radius 1 is 1.41 bits per heavy atom. The first kappa shape index (κ1) is 10.7. The minimum absolute atomic E-state index is 0.286. The van der Waals surface area contributed by atoms with Gasteiger partial charge in [0.1, 0.15) is 17.5 Å². The van der Waals surface area contributed by atoms with Crippen molar-refractivity contribution in [1.82, 2.24) is 10.2 Å². The summed E-state index contributed by atoms with van der Waals surface area (Å²) in [5.74, 6) is -0.0416. The van der Waals surface area contributed by atoms with Gasteiger partial charge in [-0.25, -0.2) is 0 Å². The molecule has 6 heteroatoms. The van der Waals surface area contributed by atoms with E-state index in [1.165, 1.54) is 6.20 Å². The van der Waals surface area contributed by atoms with Crippen molar-refractivity contribution in [1.29, 1.82) is 5.26 Å². The summed E-state index contributed by atoms with van der Waals surface area (Å²) in [6.45, 7) is 0. The van der Waals surface area contributed by atoms with E-state index in [0.717, 1.165) is 0 Å². The fraction of sp³-hybridized carbons (Fsp3) is 0. The number of hydrogen-bond acceptors (Lipinski definition) is 4. The van der Waals surface area contributed by atoms with E-state index in [9.17, 15) is 4.79 Å². The lowest BCUT2D eigenvalue weighted by Gasteiger charge is -2.03. The number of nitrogens with two attached hydrogens (primary N) is 1. The van der Waals surface area contributed by atoms with E-state index in [2.05, 4.69) is 15.5 Å². The smallest absolute Gasteiger partial charge is 0.256 e. The highest BCUT2D eigenvalue weighted by molar-refractivity contribution is 6.04. The van der Waals surface area contributed by atoms with Crippen LogP contribution in [0.15, 0.2) is 30.5 Å². The average Bonchev–Trinajstić information content (AvgIpc) is 2.77. The van der Waals surface area contributed by atoms with Gasteiger partial charge in [0.15, 0.2) is 0 Å². The van der Waals surface area contributed by atoms with Gasteiger partial charge in [-0.05, 0) is 24.3 Å². The molecule has 0 spiro atoms. The third-order valence-corrected chi connectivity index (χ3v) is 2.17. The second-order valence-corrected chi connectivity index (χ2v) is 3.35. The zero-order valence-corrected chi connectivity index (χ0v) is 8.77. The number of aromatic nitrogens is 2. The number of benzene rings is 1. The number of nitrogens with zero attached hydrogens (tertiary/aromatic N) is 2. The van der Waals surface area contributed by atoms with Crippen molar-refractivity contribution in [3.05, 3.63) is 41.6 Å². The first-order valence-corrected chi connectivity index (χ1v) is 4.81. The SMILES string of the molecule is N#Cc1cn[nH]c1NC(=O)c1ccc(N)cc1. The van der Waals surface area contributed by atoms with Gasteiger partial charge in [-0.15, -0.1) is 0 Å². The number of H-pyrrole nitrogens is 1. The summed E-state index contributed by atoms with van der Waals surface area (Å²) in [6.07, 6.45) is 1.35. The Balaban J connectivity index is 2.18. The minimum Gasteiger partial charge on any atom is -0.399 e. The second kappa shape index (κ2) is 4.37. The van der Waals surface area contributed by atoms with Crippen LogP contribution in [-0.4, -0.2) is 16.1 Å². The molecule has 2 rings (SSSR count). The normalized spacial score (nSPS) is 9.59. The van der Waals surface area contributed by atoms with Gasteiger partial charge in [-0.3, -0.25) is 9.89 Å². The van der Waals surface area contributed by atoms with E-state index in [1.54, 1.807) is 24.3 Å². The molecule has 1 amide bonds. The van der Waals surface area contributed by atoms with E-state index in [1.807, 2.05) is 6.07 Å². The Morgan fingerprint density at radius 2 is 2.12 bits per heavy atom. The molecule has 0 saturated carbocycles. The zero-order chi connectivity index (χ0) is 12.3. The summed E-state index contributed by atoms with van der Waals surface area (Å²) in [4.78, 5) is 11.8. The van der Waals surface area contributed by atoms with Crippen LogP contribution in [0, 0.1) is 11.3 Å². The number of carbonyl (C=O) groups is 1. The van der Waals surface area contributed by atoms with Crippen LogP contribution in [0.3, 0.4) is 0 Å². The van der Waals surface area contributed by atoms with Crippen molar-refractivity contribution in [2.45, 2.75) is 0 Å². The number of nitrogen functional groups attached to an aromatic ring is 1. The first-order chi connectivity index (χ1) is 8.20. The molecule has 0 aliphatic carbocycles. The molecular weight excluding hydrogens is 218 g/mol. The second-order valence-electron chi connectivity index (χ2n) is 3.35. The molecular formula is C11H9N5O. The van der Waals surface area contributed by atoms with Crippen LogP contribution in [0.1, 0.15) is 15.9 Å². The van der Waals surface area contributed by atoms with Crippen molar-refractivity contribution < 1.29 is 4.79 Å². The number of amides is 1. The van der Waals surface area contributed by atoms with Gasteiger partial charge in [0.2, 0.25) is 0 Å². The molecule has 2 aromatic rings. The van der Waals surface area contributed by atoms with Crippen LogP contribution in [0.25, 0.3) is 0 Å². The maximum absolute atomic E-state index is 11.8. The van der Waals surface area contributed by atoms with Crippen LogP contribution >= 0.6 is 0 Å². The topological polar surface area (TPSA) is 108 Å². The maximum Gasteiger partial charge on any atom is 0.256 e. The molecule has 0 aliphatic rings. The number of nitriles is 1. The van der Waals surface area contributed by atoms with Crippen molar-refractivity contribution in [2.75, 3.05) is 11.1 Å². The Bertz CT molecular complexity index is 579. The highest BCUT2D eigenvalue weighted by atomic mass is 16.1. The Hall–Kier alpha value is -2.81. The molecule has 0 unspecified atom stereocenters. The Labute approximate surface area is 97.1 Å². The standard InChI is InChI=1S/C11H9N5O/c12-5-8-6-14-16-10(8)15-11(17)7-1-3-9(13)4-2-7/h1-4,6H,13H2,(H2,14,15,16,17). The third-order valence-electron chi connectivity index (χ3n) is 2.17. The lowest BCUT2D eigenvalue weighted by atomic mass is 10.2. The number of rotatable bonds is 2. The minimum atomic E-state index is -0.328. The lowest BCUT2D eigenvalue weighted by Crippen LogP contribution is -2.13. The molecule has 17 heavy (non-hydrogen) atoms. The number of anilines is 2. The summed E-state index contributed by atoms with van der Waals surface area (Å²) < 4.78 is 0. The first-order valence-electron chi connectivity index (χ1n) is 4.81. The van der Waals surface area contributed by atoms with E-state index < -0.39 is 0 Å². The van der Waals surface area contributed by atoms with Crippen LogP contribution in [0.5, 0.6) is 0 Å². The number of aromatic amines is 1. The van der Waals surface area contributed by atoms with E-state index in [0.29, 0.717) is 11.3 Å². The summed E-state index contributed by atoms with van der Waals surface area (Å²) >= 11 is 0. The quantitative estimate of drug-likeness (QED) is 0.668. The molecule has 1 aromatic heterocycles. The van der Waals surface area contributed by atoms with Gasteiger partial charge in [0.25, 0.3) is 5.91 Å². The molecule has 6 nitrogen and oxygen atoms in total. The molecule has 0 saturated heterocycles. The van der Waals surface area contributed by atoms with Gasteiger partial charge in [-0.2, -0.15) is 10.4 Å². The largest absolute Gasteiger partial charge is 0.399 e. The van der Waals surface area contributed by atoms with Gasteiger partial charge >= 0.3 is 0 Å². The average molecular weight is 227 g/mol. The summed E-state index contributed by atoms with van der Waals surface area (Å²) in [5, 5.41) is 17.5. The van der Waals surface area contributed by atoms with Crippen LogP contribution in [0.4, 0.5) is 11.5 Å². The molecule has 1 heterocycles. The highest BCUT2D eigenvalue weighted by Crippen LogP contribution is 2.12. The van der Waals surface area contributed by atoms with Crippen molar-refractivity contribution in [2.24, 2.45) is 0 Å². The van der Waals surface area contributed by atoms with Crippen molar-refractivity contribution in [3.8, 4) is 6.07 Å². The Kier molecular flexibility index (Phi) is 2.75. The number of carbonyl (C=O) groups excluding carboxylic acids is 1. The molecule has 0 atom stereocenters. The van der Waals surface area contributed by atoms with E-state index in [4.69, 9.17) is 11.0 Å². The number of nitrogens with one attached hydrogen (secondary N) is 2. The van der Waals surface area contributed by atoms with Crippen LogP contribution in [-0.2, 0) is 0 Å². The Morgan fingerprint density at radius 3 is 2.76 bits per heavy atom. The van der Waals surface area contributed by atoms with Crippen molar-refractivity contribution in [3.63, 3.8) is 0 Å². The maximum atomic E-state index is 11.8. The van der Waals surface area contributed by atoms with E-state index >= 15 is 0 Å². The fourth-order valence-electron chi connectivity index (χ4n) is 1.29. The third kappa shape index (κ3) is 2.23. The lowest BCUT2D eigenvalue weighted by molar-refractivity contribution is 0.102. The summed E-state index contributed by atoms with van der Waals surface area (Å²) in [7, 11) is 0. The van der Waals surface area contributed by atoms with Gasteiger partial charge in [0.05, 0.1) is 6.20 Å². The van der Waals surface area contributed by atoms with Gasteiger partial charge < -0.3 is 11.1 Å². The highest BCUT2D eigenvalue weighted by Gasteiger charge is 2.10. The number of hydrogen-bond donors (Lipinski definition) is 3. The fourth-order valence-corrected chi connectivity index (χ4v) is 1.29. The summed E-state index contributed by atoms with van der Waals surface area (Å²) in [5.41, 5.74) is 6.84. The molecule has 1 aromatic carbocycles. The predicted octanol–water partition coefficient (Wildman–Crippen LogP) is 1.12. The molecule has 4 N–H and O–H groups in total. The van der Waals surface area contributed by atoms with Gasteiger partial charge in [0, 0.05) is 11.3 Å². The van der Waals surface area contributed by atoms with Crippen LogP contribution < -0.4 is 11.1 Å². The molecule has 84 valence electrons. The molecule has 0 bridgehead atoms. The van der Waals surface area contributed by atoms with Gasteiger partial charge in [-0.1, -0.05) is 0 Å². The summed E-state index contributed by atoms with van der Waals surface area (Å²) in [6, 6.07) is 8.39. The predicted molar refractivity (Wildman–Crippen MR) is 62.1 cm³/mol. The molecule has 0 fully saturated rings. The van der Waals surface area contributed by atoms with Crippen LogP contribution in [0.2, 0.25) is 0 Å².